The van der Waals surface area contributed by atoms with Crippen LogP contribution >= 0.6 is 0 Å². The van der Waals surface area contributed by atoms with E-state index in [1.807, 2.05) is 24.3 Å². The number of hydrogen-bond acceptors (Lipinski definition) is 6. The predicted molar refractivity (Wildman–Crippen MR) is 116 cm³/mol. The zero-order valence-electron chi connectivity index (χ0n) is 16.5. The van der Waals surface area contributed by atoms with Crippen molar-refractivity contribution in [1.29, 1.82) is 0 Å². The molecule has 0 spiro atoms. The van der Waals surface area contributed by atoms with E-state index in [0.29, 0.717) is 23.1 Å². The molecule has 1 aromatic heterocycles. The van der Waals surface area contributed by atoms with Crippen molar-refractivity contribution in [2.75, 3.05) is 16.0 Å². The highest BCUT2D eigenvalue weighted by atomic mass is 16.1. The van der Waals surface area contributed by atoms with Crippen LogP contribution in [0.25, 0.3) is 0 Å². The van der Waals surface area contributed by atoms with Gasteiger partial charge in [0.05, 0.1) is 11.1 Å². The standard InChI is InChI=1S/C22H22N6O2/c1-14(29)25-16-8-5-9-17(12-16)26-21-24-13-18(19(23)30)20(27-21)28-22(10-11-22)15-6-3-2-4-7-15/h2-9,12-13H,10-11H2,1H3,(H2,23,30)(H,25,29)(H2,24,26,27,28). The number of rotatable bonds is 7. The topological polar surface area (TPSA) is 122 Å². The molecule has 0 aliphatic heterocycles. The summed E-state index contributed by atoms with van der Waals surface area (Å²) in [6.07, 6.45) is 3.28. The Morgan fingerprint density at radius 1 is 1.03 bits per heavy atom. The van der Waals surface area contributed by atoms with Gasteiger partial charge in [-0.05, 0) is 36.6 Å². The number of nitrogens with one attached hydrogen (secondary N) is 3. The molecule has 2 amide bonds. The molecule has 1 aliphatic carbocycles. The number of hydrogen-bond donors (Lipinski definition) is 4. The Balaban J connectivity index is 1.61. The van der Waals surface area contributed by atoms with E-state index in [9.17, 15) is 9.59 Å². The molecule has 2 aromatic carbocycles. The number of anilines is 4. The van der Waals surface area contributed by atoms with Crippen LogP contribution in [0.15, 0.2) is 60.8 Å². The van der Waals surface area contributed by atoms with Gasteiger partial charge in [0.15, 0.2) is 0 Å². The molecule has 0 unspecified atom stereocenters. The van der Waals surface area contributed by atoms with Crippen molar-refractivity contribution in [3.63, 3.8) is 0 Å². The number of aromatic nitrogens is 2. The Morgan fingerprint density at radius 2 is 1.77 bits per heavy atom. The van der Waals surface area contributed by atoms with Gasteiger partial charge >= 0.3 is 0 Å². The minimum atomic E-state index is -0.597. The summed E-state index contributed by atoms with van der Waals surface area (Å²) in [7, 11) is 0. The second kappa shape index (κ2) is 7.82. The van der Waals surface area contributed by atoms with E-state index in [-0.39, 0.29) is 17.0 Å². The molecule has 30 heavy (non-hydrogen) atoms. The maximum Gasteiger partial charge on any atom is 0.254 e. The predicted octanol–water partition coefficient (Wildman–Crippen LogP) is 3.38. The number of carbonyl (C=O) groups is 2. The number of benzene rings is 2. The largest absolute Gasteiger partial charge is 0.365 e. The summed E-state index contributed by atoms with van der Waals surface area (Å²) in [5, 5.41) is 9.25. The van der Waals surface area contributed by atoms with Crippen LogP contribution in [0.2, 0.25) is 0 Å². The summed E-state index contributed by atoms with van der Waals surface area (Å²) >= 11 is 0. The second-order valence-corrected chi connectivity index (χ2v) is 7.28. The number of primary amides is 1. The Morgan fingerprint density at radius 3 is 2.43 bits per heavy atom. The zero-order valence-corrected chi connectivity index (χ0v) is 16.5. The van der Waals surface area contributed by atoms with E-state index in [4.69, 9.17) is 5.73 Å². The molecule has 0 radical (unpaired) electrons. The molecule has 1 fully saturated rings. The number of nitrogens with zero attached hydrogens (tertiary/aromatic N) is 2. The summed E-state index contributed by atoms with van der Waals surface area (Å²) in [5.74, 6) is -0.0531. The molecular weight excluding hydrogens is 380 g/mol. The van der Waals surface area contributed by atoms with Crippen LogP contribution in [0.1, 0.15) is 35.7 Å². The van der Waals surface area contributed by atoms with E-state index in [2.05, 4.69) is 38.1 Å². The molecule has 0 saturated heterocycles. The van der Waals surface area contributed by atoms with E-state index in [0.717, 1.165) is 18.4 Å². The average Bonchev–Trinajstić information content (AvgIpc) is 3.49. The second-order valence-electron chi connectivity index (χ2n) is 7.28. The maximum atomic E-state index is 11.9. The van der Waals surface area contributed by atoms with Crippen molar-refractivity contribution in [2.45, 2.75) is 25.3 Å². The summed E-state index contributed by atoms with van der Waals surface area (Å²) < 4.78 is 0. The molecule has 8 nitrogen and oxygen atoms in total. The average molecular weight is 402 g/mol. The zero-order chi connectivity index (χ0) is 21.1. The van der Waals surface area contributed by atoms with Gasteiger partial charge in [-0.15, -0.1) is 0 Å². The van der Waals surface area contributed by atoms with Crippen molar-refractivity contribution >= 4 is 35.0 Å². The van der Waals surface area contributed by atoms with Crippen LogP contribution in [0.3, 0.4) is 0 Å². The van der Waals surface area contributed by atoms with Crippen molar-refractivity contribution in [1.82, 2.24) is 9.97 Å². The first-order chi connectivity index (χ1) is 14.4. The first kappa shape index (κ1) is 19.4. The van der Waals surface area contributed by atoms with Gasteiger partial charge in [0.25, 0.3) is 5.91 Å². The molecule has 8 heteroatoms. The Hall–Kier alpha value is -3.94. The summed E-state index contributed by atoms with van der Waals surface area (Å²) in [6.45, 7) is 1.45. The van der Waals surface area contributed by atoms with Gasteiger partial charge in [-0.2, -0.15) is 4.98 Å². The minimum Gasteiger partial charge on any atom is -0.365 e. The monoisotopic (exact) mass is 402 g/mol. The van der Waals surface area contributed by atoms with Crippen LogP contribution in [-0.4, -0.2) is 21.8 Å². The van der Waals surface area contributed by atoms with Crippen molar-refractivity contribution in [3.8, 4) is 0 Å². The third-order valence-corrected chi connectivity index (χ3v) is 4.93. The molecule has 0 atom stereocenters. The van der Waals surface area contributed by atoms with E-state index in [1.165, 1.54) is 13.1 Å². The highest BCUT2D eigenvalue weighted by Crippen LogP contribution is 2.48. The molecule has 152 valence electrons. The third kappa shape index (κ3) is 4.22. The molecular formula is C22H22N6O2. The van der Waals surface area contributed by atoms with Gasteiger partial charge in [-0.25, -0.2) is 4.98 Å². The lowest BCUT2D eigenvalue weighted by Gasteiger charge is -2.20. The highest BCUT2D eigenvalue weighted by Gasteiger charge is 2.45. The van der Waals surface area contributed by atoms with Gasteiger partial charge in [-0.3, -0.25) is 9.59 Å². The number of nitrogens with two attached hydrogens (primary N) is 1. The Labute approximate surface area is 173 Å². The lowest BCUT2D eigenvalue weighted by atomic mass is 10.0. The van der Waals surface area contributed by atoms with E-state index in [1.54, 1.807) is 18.2 Å². The molecule has 5 N–H and O–H groups in total. The molecule has 0 bridgehead atoms. The fourth-order valence-corrected chi connectivity index (χ4v) is 3.32. The van der Waals surface area contributed by atoms with Gasteiger partial charge in [-0.1, -0.05) is 36.4 Å². The van der Waals surface area contributed by atoms with Gasteiger partial charge in [0, 0.05) is 24.5 Å². The lowest BCUT2D eigenvalue weighted by Crippen LogP contribution is -2.24. The lowest BCUT2D eigenvalue weighted by molar-refractivity contribution is -0.114. The normalized spacial score (nSPS) is 13.9. The Bertz CT molecular complexity index is 1100. The quantitative estimate of drug-likeness (QED) is 0.481. The highest BCUT2D eigenvalue weighted by molar-refractivity contribution is 5.97. The van der Waals surface area contributed by atoms with Crippen molar-refractivity contribution in [2.24, 2.45) is 5.73 Å². The van der Waals surface area contributed by atoms with Gasteiger partial charge in [0.2, 0.25) is 11.9 Å². The molecule has 1 saturated carbocycles. The smallest absolute Gasteiger partial charge is 0.254 e. The molecule has 1 heterocycles. The minimum absolute atomic E-state index is 0.156. The molecule has 4 rings (SSSR count). The number of carbonyl (C=O) groups excluding carboxylic acids is 2. The van der Waals surface area contributed by atoms with Crippen LogP contribution in [0.4, 0.5) is 23.1 Å². The van der Waals surface area contributed by atoms with Crippen LogP contribution < -0.4 is 21.7 Å². The summed E-state index contributed by atoms with van der Waals surface area (Å²) in [6, 6.07) is 17.2. The van der Waals surface area contributed by atoms with Crippen molar-refractivity contribution in [3.05, 3.63) is 71.9 Å². The Kier molecular flexibility index (Phi) is 5.05. The van der Waals surface area contributed by atoms with E-state index < -0.39 is 5.91 Å². The molecule has 1 aliphatic rings. The summed E-state index contributed by atoms with van der Waals surface area (Å²) in [5.41, 5.74) is 8.00. The third-order valence-electron chi connectivity index (χ3n) is 4.93. The van der Waals surface area contributed by atoms with Crippen LogP contribution in [-0.2, 0) is 10.3 Å². The van der Waals surface area contributed by atoms with Gasteiger partial charge < -0.3 is 21.7 Å². The first-order valence-electron chi connectivity index (χ1n) is 9.60. The first-order valence-corrected chi connectivity index (χ1v) is 9.60. The van der Waals surface area contributed by atoms with Crippen LogP contribution in [0, 0.1) is 0 Å². The SMILES string of the molecule is CC(=O)Nc1cccc(Nc2ncc(C(N)=O)c(NC3(c4ccccc4)CC3)n2)c1. The number of amides is 2. The maximum absolute atomic E-state index is 11.9. The van der Waals surface area contributed by atoms with Crippen molar-refractivity contribution < 1.29 is 9.59 Å². The van der Waals surface area contributed by atoms with Gasteiger partial charge in [0.1, 0.15) is 5.82 Å². The fourth-order valence-electron chi connectivity index (χ4n) is 3.32. The fraction of sp³-hybridized carbons (Fsp3) is 0.182. The van der Waals surface area contributed by atoms with Crippen LogP contribution in [0.5, 0.6) is 0 Å². The molecule has 3 aromatic rings. The summed E-state index contributed by atoms with van der Waals surface area (Å²) in [4.78, 5) is 31.9. The van der Waals surface area contributed by atoms with E-state index >= 15 is 0 Å².